The second-order valence-corrected chi connectivity index (χ2v) is 6.51. The minimum Gasteiger partial charge on any atom is -0.457 e. The number of hydrogen-bond acceptors (Lipinski definition) is 3. The monoisotopic (exact) mass is 345 g/mol. The smallest absolute Gasteiger partial charge is 0.330 e. The van der Waals surface area contributed by atoms with E-state index < -0.39 is 0 Å². The predicted molar refractivity (Wildman–Crippen MR) is 99.7 cm³/mol. The van der Waals surface area contributed by atoms with Crippen LogP contribution in [0.2, 0.25) is 0 Å². The van der Waals surface area contributed by atoms with Gasteiger partial charge in [0.1, 0.15) is 19.7 Å². The highest BCUT2D eigenvalue weighted by atomic mass is 16.5. The number of benzene rings is 1. The number of nitrogens with one attached hydrogen (secondary N) is 1. The molecule has 1 aromatic rings. The van der Waals surface area contributed by atoms with Gasteiger partial charge in [0.25, 0.3) is 0 Å². The Morgan fingerprint density at radius 3 is 2.64 bits per heavy atom. The van der Waals surface area contributed by atoms with Crippen molar-refractivity contribution < 1.29 is 18.8 Å². The van der Waals surface area contributed by atoms with Crippen LogP contribution < -0.4 is 5.32 Å². The van der Waals surface area contributed by atoms with Crippen molar-refractivity contribution in [2.24, 2.45) is 0 Å². The summed E-state index contributed by atoms with van der Waals surface area (Å²) >= 11 is 0. The molecule has 0 aromatic heterocycles. The largest absolute Gasteiger partial charge is 0.457 e. The summed E-state index contributed by atoms with van der Waals surface area (Å²) in [5.74, 6) is -0.505. The number of ether oxygens (including phenoxy) is 1. The van der Waals surface area contributed by atoms with Crippen molar-refractivity contribution >= 4 is 11.9 Å². The third-order valence-corrected chi connectivity index (χ3v) is 3.68. The van der Waals surface area contributed by atoms with Crippen molar-refractivity contribution in [3.05, 3.63) is 60.7 Å². The van der Waals surface area contributed by atoms with Crippen LogP contribution in [0.4, 0.5) is 0 Å². The molecule has 0 heterocycles. The van der Waals surface area contributed by atoms with Gasteiger partial charge in [-0.3, -0.25) is 4.79 Å². The van der Waals surface area contributed by atoms with Crippen LogP contribution in [0.5, 0.6) is 0 Å². The molecule has 0 bridgehead atoms. The fourth-order valence-electron chi connectivity index (χ4n) is 2.28. The summed E-state index contributed by atoms with van der Waals surface area (Å²) in [7, 11) is 4.24. The highest BCUT2D eigenvalue weighted by molar-refractivity contribution is 5.86. The maximum atomic E-state index is 11.7. The lowest BCUT2D eigenvalue weighted by molar-refractivity contribution is -0.903. The molecule has 5 nitrogen and oxygen atoms in total. The molecule has 0 unspecified atom stereocenters. The Hall–Kier alpha value is -2.40. The van der Waals surface area contributed by atoms with Crippen LogP contribution in [-0.4, -0.2) is 50.2 Å². The topological polar surface area (TPSA) is 55.4 Å². The number of hydrogen-bond donors (Lipinski definition) is 1. The van der Waals surface area contributed by atoms with Gasteiger partial charge in [-0.1, -0.05) is 43.0 Å². The molecule has 0 fully saturated rings. The van der Waals surface area contributed by atoms with Crippen molar-refractivity contribution in [1.29, 1.82) is 0 Å². The maximum Gasteiger partial charge on any atom is 0.330 e. The third-order valence-electron chi connectivity index (χ3n) is 3.68. The molecule has 5 heteroatoms. The third kappa shape index (κ3) is 10.1. The molecule has 0 saturated heterocycles. The summed E-state index contributed by atoms with van der Waals surface area (Å²) in [6.07, 6.45) is 5.94. The highest BCUT2D eigenvalue weighted by Gasteiger charge is 2.16. The fraction of sp³-hybridized carbons (Fsp3) is 0.400. The van der Waals surface area contributed by atoms with Gasteiger partial charge in [0, 0.05) is 18.2 Å². The van der Waals surface area contributed by atoms with Crippen LogP contribution in [0, 0.1) is 0 Å². The number of quaternary nitrogens is 1. The second kappa shape index (κ2) is 11.2. The van der Waals surface area contributed by atoms with Crippen molar-refractivity contribution in [1.82, 2.24) is 5.32 Å². The minimum absolute atomic E-state index is 0.181. The van der Waals surface area contributed by atoms with E-state index >= 15 is 0 Å². The first-order chi connectivity index (χ1) is 11.9. The first-order valence-electron chi connectivity index (χ1n) is 8.52. The quantitative estimate of drug-likeness (QED) is 0.290. The number of esters is 1. The molecule has 0 atom stereocenters. The second-order valence-electron chi connectivity index (χ2n) is 6.51. The number of rotatable bonds is 11. The summed E-state index contributed by atoms with van der Waals surface area (Å²) < 4.78 is 6.01. The molecule has 0 aliphatic rings. The molecule has 0 saturated carbocycles. The molecule has 1 aromatic carbocycles. The Morgan fingerprint density at radius 2 is 1.96 bits per heavy atom. The lowest BCUT2D eigenvalue weighted by Crippen LogP contribution is -2.41. The molecule has 0 spiro atoms. The Labute approximate surface area is 150 Å². The van der Waals surface area contributed by atoms with E-state index in [9.17, 15) is 9.59 Å². The van der Waals surface area contributed by atoms with E-state index in [1.54, 1.807) is 6.08 Å². The van der Waals surface area contributed by atoms with Gasteiger partial charge in [0.15, 0.2) is 0 Å². The zero-order valence-corrected chi connectivity index (χ0v) is 15.2. The zero-order chi connectivity index (χ0) is 18.5. The number of nitrogens with zero attached hydrogens (tertiary/aromatic N) is 1. The van der Waals surface area contributed by atoms with Crippen molar-refractivity contribution in [3.63, 3.8) is 0 Å². The average Bonchev–Trinajstić information content (AvgIpc) is 2.58. The van der Waals surface area contributed by atoms with Crippen LogP contribution in [0.25, 0.3) is 0 Å². The summed E-state index contributed by atoms with van der Waals surface area (Å²) in [5.41, 5.74) is 1.27. The van der Waals surface area contributed by atoms with Crippen molar-refractivity contribution in [2.45, 2.75) is 19.4 Å². The van der Waals surface area contributed by atoms with Gasteiger partial charge in [0.2, 0.25) is 5.91 Å². The highest BCUT2D eigenvalue weighted by Crippen LogP contribution is 2.08. The minimum atomic E-state index is -0.324. The molecule has 1 amide bonds. The maximum absolute atomic E-state index is 11.7. The summed E-state index contributed by atoms with van der Waals surface area (Å²) in [6, 6.07) is 10.3. The zero-order valence-electron chi connectivity index (χ0n) is 15.2. The van der Waals surface area contributed by atoms with Crippen LogP contribution in [0.15, 0.2) is 55.1 Å². The Kier molecular flexibility index (Phi) is 9.25. The van der Waals surface area contributed by atoms with Gasteiger partial charge in [-0.25, -0.2) is 4.79 Å². The van der Waals surface area contributed by atoms with Gasteiger partial charge >= 0.3 is 5.97 Å². The number of carbonyl (C=O) groups excluding carboxylic acids is 2. The average molecular weight is 345 g/mol. The van der Waals surface area contributed by atoms with E-state index in [0.29, 0.717) is 19.6 Å². The summed E-state index contributed by atoms with van der Waals surface area (Å²) in [6.45, 7) is 5.98. The molecule has 136 valence electrons. The van der Waals surface area contributed by atoms with Crippen LogP contribution >= 0.6 is 0 Å². The van der Waals surface area contributed by atoms with Crippen molar-refractivity contribution in [3.8, 4) is 0 Å². The molecule has 1 N–H and O–H groups in total. The Bertz CT molecular complexity index is 580. The van der Waals surface area contributed by atoms with Crippen LogP contribution in [0.1, 0.15) is 18.4 Å². The van der Waals surface area contributed by atoms with Gasteiger partial charge in [0.05, 0.1) is 14.1 Å². The fourth-order valence-corrected chi connectivity index (χ4v) is 2.28. The SMILES string of the molecule is C=CC(=O)NCCCC=CC(=O)OCC[N+](C)(C)Cc1ccccc1. The first-order valence-corrected chi connectivity index (χ1v) is 8.52. The Morgan fingerprint density at radius 1 is 1.24 bits per heavy atom. The van der Waals surface area contributed by atoms with E-state index in [-0.39, 0.29) is 11.9 Å². The van der Waals surface area contributed by atoms with Gasteiger partial charge in [-0.2, -0.15) is 0 Å². The first kappa shape index (κ1) is 20.6. The number of allylic oxidation sites excluding steroid dienone is 1. The van der Waals surface area contributed by atoms with Gasteiger partial charge < -0.3 is 14.5 Å². The summed E-state index contributed by atoms with van der Waals surface area (Å²) in [4.78, 5) is 22.6. The van der Waals surface area contributed by atoms with E-state index in [1.807, 2.05) is 18.2 Å². The number of amides is 1. The molecular formula is C20H29N2O3+. The van der Waals surface area contributed by atoms with E-state index in [0.717, 1.165) is 24.0 Å². The van der Waals surface area contributed by atoms with E-state index in [2.05, 4.69) is 38.1 Å². The van der Waals surface area contributed by atoms with Crippen LogP contribution in [0.3, 0.4) is 0 Å². The van der Waals surface area contributed by atoms with E-state index in [1.165, 1.54) is 17.7 Å². The molecule has 0 aliphatic carbocycles. The lowest BCUT2D eigenvalue weighted by atomic mass is 10.2. The normalized spacial score (nSPS) is 11.3. The van der Waals surface area contributed by atoms with Crippen LogP contribution in [-0.2, 0) is 20.9 Å². The summed E-state index contributed by atoms with van der Waals surface area (Å²) in [5, 5.41) is 2.68. The standard InChI is InChI=1S/C20H28N2O3/c1-4-19(23)21-14-10-6-9-13-20(24)25-16-15-22(2,3)17-18-11-7-5-8-12-18/h4-5,7-9,11-13H,1,6,10,14-17H2,2-3H3/p+1. The molecule has 0 aliphatic heterocycles. The molecule has 0 radical (unpaired) electrons. The number of unbranched alkanes of at least 4 members (excludes halogenated alkanes) is 1. The van der Waals surface area contributed by atoms with Gasteiger partial charge in [-0.15, -0.1) is 0 Å². The predicted octanol–water partition coefficient (Wildman–Crippen LogP) is 2.44. The number of likely N-dealkylation sites (N-methyl/N-ethyl adjacent to an activating group) is 1. The Balaban J connectivity index is 2.17. The molecule has 1 rings (SSSR count). The van der Waals surface area contributed by atoms with Crippen molar-refractivity contribution in [2.75, 3.05) is 33.8 Å². The lowest BCUT2D eigenvalue weighted by Gasteiger charge is -2.29. The van der Waals surface area contributed by atoms with E-state index in [4.69, 9.17) is 4.74 Å². The molecule has 25 heavy (non-hydrogen) atoms. The molecular weight excluding hydrogens is 316 g/mol. The van der Waals surface area contributed by atoms with Gasteiger partial charge in [-0.05, 0) is 18.9 Å². The number of carbonyl (C=O) groups is 2.